The number of hydrogen-bond donors (Lipinski definition) is 1. The number of halogens is 3. The first kappa shape index (κ1) is 23.2. The third-order valence-electron chi connectivity index (χ3n) is 5.29. The third kappa shape index (κ3) is 5.44. The molecule has 1 fully saturated rings. The van der Waals surface area contributed by atoms with E-state index in [1.807, 2.05) is 30.0 Å². The predicted octanol–water partition coefficient (Wildman–Crippen LogP) is 3.35. The second-order valence-electron chi connectivity index (χ2n) is 7.50. The zero-order chi connectivity index (χ0) is 22.8. The molecule has 6 nitrogen and oxygen atoms in total. The fourth-order valence-electron chi connectivity index (χ4n) is 3.45. The second kappa shape index (κ2) is 8.97. The van der Waals surface area contributed by atoms with Crippen LogP contribution in [0.1, 0.15) is 18.1 Å². The number of sulfonamides is 1. The van der Waals surface area contributed by atoms with Gasteiger partial charge in [0.1, 0.15) is 0 Å². The van der Waals surface area contributed by atoms with Crippen LogP contribution in [-0.4, -0.2) is 55.8 Å². The summed E-state index contributed by atoms with van der Waals surface area (Å²) in [5, 5.41) is 2.85. The molecule has 0 saturated carbocycles. The van der Waals surface area contributed by atoms with Crippen molar-refractivity contribution in [2.24, 2.45) is 0 Å². The number of piperazine rings is 1. The van der Waals surface area contributed by atoms with E-state index >= 15 is 0 Å². The van der Waals surface area contributed by atoms with Crippen molar-refractivity contribution in [2.45, 2.75) is 31.0 Å². The van der Waals surface area contributed by atoms with Gasteiger partial charge in [0.05, 0.1) is 16.5 Å². The van der Waals surface area contributed by atoms with Gasteiger partial charge in [-0.25, -0.2) is 8.42 Å². The van der Waals surface area contributed by atoms with E-state index in [-0.39, 0.29) is 23.9 Å². The summed E-state index contributed by atoms with van der Waals surface area (Å²) in [6.07, 6.45) is -4.62. The molecule has 1 heterocycles. The summed E-state index contributed by atoms with van der Waals surface area (Å²) >= 11 is 0. The minimum absolute atomic E-state index is 0.0840. The van der Waals surface area contributed by atoms with Gasteiger partial charge in [-0.15, -0.1) is 0 Å². The van der Waals surface area contributed by atoms with Crippen LogP contribution in [0.5, 0.6) is 0 Å². The molecule has 1 unspecified atom stereocenters. The quantitative estimate of drug-likeness (QED) is 0.751. The molecule has 1 amide bonds. The molecule has 0 bridgehead atoms. The maximum absolute atomic E-state index is 12.9. The average Bonchev–Trinajstić information content (AvgIpc) is 2.73. The Bertz CT molecular complexity index is 1050. The topological polar surface area (TPSA) is 69.7 Å². The van der Waals surface area contributed by atoms with Crippen molar-refractivity contribution in [2.75, 3.05) is 31.5 Å². The molecule has 2 aromatic rings. The first-order valence-corrected chi connectivity index (χ1v) is 11.2. The Morgan fingerprint density at radius 3 is 2.29 bits per heavy atom. The lowest BCUT2D eigenvalue weighted by Gasteiger charge is -2.36. The van der Waals surface area contributed by atoms with Gasteiger partial charge in [-0.1, -0.05) is 18.2 Å². The van der Waals surface area contributed by atoms with Crippen LogP contribution in [-0.2, 0) is 21.0 Å². The van der Waals surface area contributed by atoms with E-state index in [1.54, 1.807) is 13.0 Å². The summed E-state index contributed by atoms with van der Waals surface area (Å²) in [6, 6.07) is 10.7. The highest BCUT2D eigenvalue weighted by atomic mass is 32.2. The van der Waals surface area contributed by atoms with Crippen LogP contribution in [0, 0.1) is 6.92 Å². The number of alkyl halides is 3. The molecule has 0 spiro atoms. The summed E-state index contributed by atoms with van der Waals surface area (Å²) in [5.74, 6) is -0.209. The largest absolute Gasteiger partial charge is 0.416 e. The van der Waals surface area contributed by atoms with Crippen LogP contribution in [0.4, 0.5) is 18.9 Å². The van der Waals surface area contributed by atoms with Crippen LogP contribution in [0.15, 0.2) is 53.4 Å². The molecule has 31 heavy (non-hydrogen) atoms. The molecular formula is C21H24F3N3O3S. The summed E-state index contributed by atoms with van der Waals surface area (Å²) in [5.41, 5.74) is 0.690. The first-order valence-electron chi connectivity index (χ1n) is 9.77. The average molecular weight is 456 g/mol. The number of nitrogens with one attached hydrogen (secondary N) is 1. The van der Waals surface area contributed by atoms with Gasteiger partial charge >= 0.3 is 6.18 Å². The number of carbonyl (C=O) groups excluding carboxylic acids is 1. The number of aryl methyl sites for hydroxylation is 1. The van der Waals surface area contributed by atoms with E-state index in [2.05, 4.69) is 5.32 Å². The summed E-state index contributed by atoms with van der Waals surface area (Å²) in [6.45, 7) is 4.41. The SMILES string of the molecule is Cc1cccc(NC(=O)C(C)N2CCN(S(=O)(=O)c3cccc(C(F)(F)F)c3)CC2)c1. The fraction of sp³-hybridized carbons (Fsp3) is 0.381. The molecule has 1 saturated heterocycles. The molecule has 1 aliphatic heterocycles. The predicted molar refractivity (Wildman–Crippen MR) is 111 cm³/mol. The third-order valence-corrected chi connectivity index (χ3v) is 7.18. The second-order valence-corrected chi connectivity index (χ2v) is 9.44. The number of amides is 1. The Morgan fingerprint density at radius 1 is 1.03 bits per heavy atom. The van der Waals surface area contributed by atoms with Gasteiger partial charge < -0.3 is 5.32 Å². The van der Waals surface area contributed by atoms with Crippen molar-refractivity contribution in [1.82, 2.24) is 9.21 Å². The van der Waals surface area contributed by atoms with E-state index < -0.39 is 27.8 Å². The maximum atomic E-state index is 12.9. The standard InChI is InChI=1S/C21H24F3N3O3S/c1-15-5-3-7-18(13-15)25-20(28)16(2)26-9-11-27(12-10-26)31(29,30)19-8-4-6-17(14-19)21(22,23)24/h3-8,13-14,16H,9-12H2,1-2H3,(H,25,28). The molecule has 0 aromatic heterocycles. The van der Waals surface area contributed by atoms with Gasteiger partial charge in [-0.05, 0) is 49.7 Å². The highest BCUT2D eigenvalue weighted by Crippen LogP contribution is 2.31. The van der Waals surface area contributed by atoms with Crippen LogP contribution in [0.3, 0.4) is 0 Å². The van der Waals surface area contributed by atoms with Crippen molar-refractivity contribution in [3.05, 3.63) is 59.7 Å². The zero-order valence-electron chi connectivity index (χ0n) is 17.2. The molecule has 2 aromatic carbocycles. The molecule has 0 aliphatic carbocycles. The van der Waals surface area contributed by atoms with Gasteiger partial charge in [0, 0.05) is 31.9 Å². The van der Waals surface area contributed by atoms with Crippen LogP contribution < -0.4 is 5.32 Å². The van der Waals surface area contributed by atoms with Gasteiger partial charge in [0.2, 0.25) is 15.9 Å². The summed E-state index contributed by atoms with van der Waals surface area (Å²) in [7, 11) is -4.06. The highest BCUT2D eigenvalue weighted by Gasteiger charge is 2.35. The van der Waals surface area contributed by atoms with E-state index in [0.717, 1.165) is 28.1 Å². The zero-order valence-corrected chi connectivity index (χ0v) is 18.0. The molecule has 168 valence electrons. The van der Waals surface area contributed by atoms with Gasteiger partial charge in [-0.2, -0.15) is 17.5 Å². The fourth-order valence-corrected chi connectivity index (χ4v) is 4.92. The summed E-state index contributed by atoms with van der Waals surface area (Å²) in [4.78, 5) is 14.0. The number of hydrogen-bond acceptors (Lipinski definition) is 4. The number of carbonyl (C=O) groups is 1. The smallest absolute Gasteiger partial charge is 0.325 e. The number of benzene rings is 2. The van der Waals surface area contributed by atoms with E-state index in [4.69, 9.17) is 0 Å². The molecule has 3 rings (SSSR count). The molecule has 10 heteroatoms. The van der Waals surface area contributed by atoms with Gasteiger partial charge in [-0.3, -0.25) is 9.69 Å². The number of nitrogens with zero attached hydrogens (tertiary/aromatic N) is 2. The Morgan fingerprint density at radius 2 is 1.68 bits per heavy atom. The maximum Gasteiger partial charge on any atom is 0.416 e. The molecule has 0 radical (unpaired) electrons. The molecule has 1 N–H and O–H groups in total. The number of anilines is 1. The van der Waals surface area contributed by atoms with Crippen LogP contribution >= 0.6 is 0 Å². The minimum atomic E-state index is -4.62. The van der Waals surface area contributed by atoms with Crippen molar-refractivity contribution < 1.29 is 26.4 Å². The van der Waals surface area contributed by atoms with Crippen molar-refractivity contribution in [1.29, 1.82) is 0 Å². The lowest BCUT2D eigenvalue weighted by Crippen LogP contribution is -2.53. The molecular weight excluding hydrogens is 431 g/mol. The Balaban J connectivity index is 1.64. The monoisotopic (exact) mass is 455 g/mol. The normalized spacial score (nSPS) is 17.3. The van der Waals surface area contributed by atoms with E-state index in [1.165, 1.54) is 0 Å². The Kier molecular flexibility index (Phi) is 6.73. The van der Waals surface area contributed by atoms with Gasteiger partial charge in [0.25, 0.3) is 0 Å². The van der Waals surface area contributed by atoms with Crippen molar-refractivity contribution in [3.63, 3.8) is 0 Å². The molecule has 1 atom stereocenters. The molecule has 1 aliphatic rings. The van der Waals surface area contributed by atoms with Crippen molar-refractivity contribution in [3.8, 4) is 0 Å². The van der Waals surface area contributed by atoms with Crippen LogP contribution in [0.25, 0.3) is 0 Å². The van der Waals surface area contributed by atoms with Crippen molar-refractivity contribution >= 4 is 21.6 Å². The van der Waals surface area contributed by atoms with Gasteiger partial charge in [0.15, 0.2) is 0 Å². The Labute approximate surface area is 179 Å². The lowest BCUT2D eigenvalue weighted by molar-refractivity contribution is -0.137. The Hall–Kier alpha value is -2.43. The van der Waals surface area contributed by atoms with Crippen LogP contribution in [0.2, 0.25) is 0 Å². The number of rotatable bonds is 5. The van der Waals surface area contributed by atoms with E-state index in [0.29, 0.717) is 24.8 Å². The highest BCUT2D eigenvalue weighted by molar-refractivity contribution is 7.89. The first-order chi connectivity index (χ1) is 14.5. The van der Waals surface area contributed by atoms with E-state index in [9.17, 15) is 26.4 Å². The lowest BCUT2D eigenvalue weighted by atomic mass is 10.2. The summed E-state index contributed by atoms with van der Waals surface area (Å²) < 4.78 is 65.6. The minimum Gasteiger partial charge on any atom is -0.325 e.